The minimum atomic E-state index is -0.861. The van der Waals surface area contributed by atoms with Crippen molar-refractivity contribution >= 4 is 29.0 Å². The Hall–Kier alpha value is -2.53. The van der Waals surface area contributed by atoms with Crippen molar-refractivity contribution in [3.63, 3.8) is 0 Å². The van der Waals surface area contributed by atoms with Gasteiger partial charge in [-0.2, -0.15) is 0 Å². The van der Waals surface area contributed by atoms with E-state index in [1.807, 2.05) is 19.1 Å². The summed E-state index contributed by atoms with van der Waals surface area (Å²) < 4.78 is 5.77. The maximum Gasteiger partial charge on any atom is 0.307 e. The van der Waals surface area contributed by atoms with Gasteiger partial charge >= 0.3 is 5.97 Å². The Morgan fingerprint density at radius 1 is 1.19 bits per heavy atom. The number of Topliss-reactive ketones (excluding diaryl/α,β-unsaturated/α-hetero) is 1. The first-order valence-corrected chi connectivity index (χ1v) is 8.81. The van der Waals surface area contributed by atoms with E-state index in [0.717, 1.165) is 16.7 Å². The smallest absolute Gasteiger partial charge is 0.307 e. The zero-order valence-corrected chi connectivity index (χ0v) is 15.1. The maximum absolute atomic E-state index is 12.8. The molecule has 2 unspecified atom stereocenters. The second kappa shape index (κ2) is 7.38. The van der Waals surface area contributed by atoms with Crippen molar-refractivity contribution in [2.75, 3.05) is 5.73 Å². The van der Waals surface area contributed by atoms with Gasteiger partial charge in [0.25, 0.3) is 0 Å². The second-order valence-corrected chi connectivity index (χ2v) is 7.00. The lowest BCUT2D eigenvalue weighted by atomic mass is 9.88. The Bertz CT molecular complexity index is 848. The minimum Gasteiger partial charge on any atom is -0.487 e. The molecule has 2 aromatic carbocycles. The van der Waals surface area contributed by atoms with Gasteiger partial charge in [0.05, 0.1) is 18.0 Å². The molecule has 6 heteroatoms. The van der Waals surface area contributed by atoms with Crippen LogP contribution in [0.3, 0.4) is 0 Å². The number of rotatable bonds is 6. The summed E-state index contributed by atoms with van der Waals surface area (Å²) in [5.74, 6) is -0.608. The van der Waals surface area contributed by atoms with Gasteiger partial charge in [0.15, 0.2) is 0 Å². The molecule has 0 fully saturated rings. The molecule has 1 aliphatic rings. The predicted molar refractivity (Wildman–Crippen MR) is 99.8 cm³/mol. The highest BCUT2D eigenvalue weighted by atomic mass is 35.5. The van der Waals surface area contributed by atoms with Crippen LogP contribution in [0.25, 0.3) is 0 Å². The standard InChI is InChI=1S/C20H20ClNO4/c1-11-19(15-9-14(21)10-16(22)20(15)26-11)17(23)7-6-12-2-4-13(5-3-12)8-18(24)25/h2-5,9-11,19H,6-8,22H2,1H3,(H,24,25). The summed E-state index contributed by atoms with van der Waals surface area (Å²) in [7, 11) is 0. The fourth-order valence-corrected chi connectivity index (χ4v) is 3.60. The number of hydrogen-bond acceptors (Lipinski definition) is 4. The van der Waals surface area contributed by atoms with Crippen molar-refractivity contribution in [2.24, 2.45) is 0 Å². The lowest BCUT2D eigenvalue weighted by Crippen LogP contribution is -2.22. The zero-order chi connectivity index (χ0) is 18.8. The highest BCUT2D eigenvalue weighted by Gasteiger charge is 2.37. The van der Waals surface area contributed by atoms with Crippen LogP contribution >= 0.6 is 11.6 Å². The van der Waals surface area contributed by atoms with E-state index in [0.29, 0.717) is 29.3 Å². The molecule has 136 valence electrons. The molecule has 2 atom stereocenters. The number of carboxylic acid groups (broad SMARTS) is 1. The summed E-state index contributed by atoms with van der Waals surface area (Å²) in [6.45, 7) is 1.86. The van der Waals surface area contributed by atoms with Gasteiger partial charge in [-0.1, -0.05) is 35.9 Å². The quantitative estimate of drug-likeness (QED) is 0.755. The van der Waals surface area contributed by atoms with Crippen molar-refractivity contribution in [3.05, 3.63) is 58.1 Å². The number of hydrogen-bond donors (Lipinski definition) is 2. The highest BCUT2D eigenvalue weighted by molar-refractivity contribution is 6.31. The molecule has 5 nitrogen and oxygen atoms in total. The Balaban J connectivity index is 1.69. The number of aryl methyl sites for hydroxylation is 1. The van der Waals surface area contributed by atoms with Gasteiger partial charge in [-0.05, 0) is 36.6 Å². The molecule has 0 saturated carbocycles. The number of benzene rings is 2. The van der Waals surface area contributed by atoms with Gasteiger partial charge in [0.1, 0.15) is 17.6 Å². The molecular weight excluding hydrogens is 354 g/mol. The van der Waals surface area contributed by atoms with E-state index in [2.05, 4.69) is 0 Å². The highest BCUT2D eigenvalue weighted by Crippen LogP contribution is 2.44. The van der Waals surface area contributed by atoms with E-state index in [9.17, 15) is 9.59 Å². The van der Waals surface area contributed by atoms with Gasteiger partial charge in [-0.3, -0.25) is 9.59 Å². The van der Waals surface area contributed by atoms with Gasteiger partial charge < -0.3 is 15.6 Å². The Morgan fingerprint density at radius 2 is 1.85 bits per heavy atom. The van der Waals surface area contributed by atoms with Crippen molar-refractivity contribution in [3.8, 4) is 5.75 Å². The van der Waals surface area contributed by atoms with Crippen molar-refractivity contribution in [1.29, 1.82) is 0 Å². The molecule has 3 rings (SSSR count). The SMILES string of the molecule is CC1Oc2c(N)cc(Cl)cc2C1C(=O)CCc1ccc(CC(=O)O)cc1. The number of carbonyl (C=O) groups is 2. The number of ether oxygens (including phenoxy) is 1. The number of ketones is 1. The van der Waals surface area contributed by atoms with E-state index in [4.69, 9.17) is 27.2 Å². The van der Waals surface area contributed by atoms with Gasteiger partial charge in [-0.15, -0.1) is 0 Å². The summed E-state index contributed by atoms with van der Waals surface area (Å²) in [4.78, 5) is 23.5. The van der Waals surface area contributed by atoms with E-state index < -0.39 is 5.97 Å². The molecule has 3 N–H and O–H groups in total. The first kappa shape index (κ1) is 18.3. The van der Waals surface area contributed by atoms with Crippen molar-refractivity contribution < 1.29 is 19.4 Å². The Labute approximate surface area is 156 Å². The van der Waals surface area contributed by atoms with Crippen molar-refractivity contribution in [1.82, 2.24) is 0 Å². The molecule has 1 aliphatic heterocycles. The number of nitrogen functional groups attached to an aromatic ring is 1. The first-order valence-electron chi connectivity index (χ1n) is 8.43. The van der Waals surface area contributed by atoms with Crippen LogP contribution in [0.1, 0.15) is 36.0 Å². The molecule has 26 heavy (non-hydrogen) atoms. The summed E-state index contributed by atoms with van der Waals surface area (Å²) in [5.41, 5.74) is 8.88. The number of carbonyl (C=O) groups excluding carboxylic acids is 1. The van der Waals surface area contributed by atoms with Gasteiger partial charge in [0, 0.05) is 17.0 Å². The van der Waals surface area contributed by atoms with Crippen LogP contribution < -0.4 is 10.5 Å². The van der Waals surface area contributed by atoms with Crippen LogP contribution in [0, 0.1) is 0 Å². The van der Waals surface area contributed by atoms with E-state index in [1.165, 1.54) is 0 Å². The lowest BCUT2D eigenvalue weighted by molar-refractivity contribution is -0.136. The number of nitrogens with two attached hydrogens (primary N) is 1. The minimum absolute atomic E-state index is 0.00486. The fourth-order valence-electron chi connectivity index (χ4n) is 3.37. The molecule has 0 radical (unpaired) electrons. The van der Waals surface area contributed by atoms with Crippen LogP contribution in [0.15, 0.2) is 36.4 Å². The molecule has 1 heterocycles. The maximum atomic E-state index is 12.8. The topological polar surface area (TPSA) is 89.6 Å². The number of aliphatic carboxylic acids is 1. The number of anilines is 1. The van der Waals surface area contributed by atoms with Crippen LogP contribution in [-0.2, 0) is 22.4 Å². The Morgan fingerprint density at radius 3 is 2.50 bits per heavy atom. The normalized spacial score (nSPS) is 18.2. The number of fused-ring (bicyclic) bond motifs is 1. The van der Waals surface area contributed by atoms with Crippen LogP contribution in [0.2, 0.25) is 5.02 Å². The third kappa shape index (κ3) is 3.83. The Kier molecular flexibility index (Phi) is 5.18. The van der Waals surface area contributed by atoms with Gasteiger partial charge in [0.2, 0.25) is 0 Å². The summed E-state index contributed by atoms with van der Waals surface area (Å²) in [5, 5.41) is 9.29. The molecule has 0 amide bonds. The van der Waals surface area contributed by atoms with E-state index in [-0.39, 0.29) is 24.2 Å². The van der Waals surface area contributed by atoms with Crippen LogP contribution in [0.5, 0.6) is 5.75 Å². The zero-order valence-electron chi connectivity index (χ0n) is 14.4. The number of halogens is 1. The van der Waals surface area contributed by atoms with E-state index >= 15 is 0 Å². The average Bonchev–Trinajstić information content (AvgIpc) is 2.90. The molecule has 2 aromatic rings. The third-order valence-electron chi connectivity index (χ3n) is 4.60. The lowest BCUT2D eigenvalue weighted by Gasteiger charge is -2.13. The summed E-state index contributed by atoms with van der Waals surface area (Å²) in [6, 6.07) is 10.7. The molecule has 0 aromatic heterocycles. The van der Waals surface area contributed by atoms with Gasteiger partial charge in [-0.25, -0.2) is 0 Å². The number of carboxylic acids is 1. The summed E-state index contributed by atoms with van der Waals surface area (Å²) >= 11 is 6.08. The molecule has 0 saturated heterocycles. The molecule has 0 bridgehead atoms. The average molecular weight is 374 g/mol. The predicted octanol–water partition coefficient (Wildman–Crippen LogP) is 3.62. The fraction of sp³-hybridized carbons (Fsp3) is 0.300. The van der Waals surface area contributed by atoms with Crippen LogP contribution in [0.4, 0.5) is 5.69 Å². The summed E-state index contributed by atoms with van der Waals surface area (Å²) in [6.07, 6.45) is 0.662. The van der Waals surface area contributed by atoms with Crippen molar-refractivity contribution in [2.45, 2.75) is 38.2 Å². The largest absolute Gasteiger partial charge is 0.487 e. The molecular formula is C20H20ClNO4. The third-order valence-corrected chi connectivity index (χ3v) is 4.82. The second-order valence-electron chi connectivity index (χ2n) is 6.57. The monoisotopic (exact) mass is 373 g/mol. The van der Waals surface area contributed by atoms with E-state index in [1.54, 1.807) is 24.3 Å². The molecule has 0 aliphatic carbocycles. The molecule has 0 spiro atoms. The van der Waals surface area contributed by atoms with Crippen LogP contribution in [-0.4, -0.2) is 23.0 Å². The first-order chi connectivity index (χ1) is 12.3.